The number of hydrogen-bond donors (Lipinski definition) is 0. The lowest BCUT2D eigenvalue weighted by Gasteiger charge is -2.37. The highest BCUT2D eigenvalue weighted by molar-refractivity contribution is 7.18. The van der Waals surface area contributed by atoms with Gasteiger partial charge < -0.3 is 14.4 Å². The number of fused-ring (bicyclic) bond motifs is 1. The molecule has 1 atom stereocenters. The Kier molecular flexibility index (Phi) is 6.43. The van der Waals surface area contributed by atoms with Gasteiger partial charge in [-0.1, -0.05) is 12.1 Å². The number of thiazole rings is 1. The van der Waals surface area contributed by atoms with E-state index in [-0.39, 0.29) is 18.1 Å². The number of benzene rings is 2. The average molecular weight is 440 g/mol. The Bertz CT molecular complexity index is 1020. The number of carbonyl (C=O) groups is 1. The van der Waals surface area contributed by atoms with Crippen LogP contribution in [0.2, 0.25) is 0 Å². The molecular weight excluding hydrogens is 410 g/mol. The predicted octanol–water partition coefficient (Wildman–Crippen LogP) is 4.61. The van der Waals surface area contributed by atoms with Crippen LogP contribution in [0.3, 0.4) is 0 Å². The molecule has 0 bridgehead atoms. The van der Waals surface area contributed by atoms with Gasteiger partial charge in [0, 0.05) is 31.7 Å². The molecule has 1 saturated heterocycles. The maximum atomic E-state index is 13.1. The summed E-state index contributed by atoms with van der Waals surface area (Å²) in [6.07, 6.45) is 0.0425. The van der Waals surface area contributed by atoms with Crippen molar-refractivity contribution in [1.82, 2.24) is 14.8 Å². The van der Waals surface area contributed by atoms with Gasteiger partial charge in [-0.05, 0) is 51.1 Å². The summed E-state index contributed by atoms with van der Waals surface area (Å²) in [5.74, 6) is 1.27. The maximum absolute atomic E-state index is 13.1. The summed E-state index contributed by atoms with van der Waals surface area (Å²) in [5, 5.41) is 1.13. The molecule has 2 heterocycles. The number of ether oxygens (including phenoxy) is 2. The minimum atomic E-state index is 0.0293. The highest BCUT2D eigenvalue weighted by atomic mass is 32.1. The largest absolute Gasteiger partial charge is 0.493 e. The summed E-state index contributed by atoms with van der Waals surface area (Å²) < 4.78 is 12.4. The van der Waals surface area contributed by atoms with Crippen LogP contribution in [0.1, 0.15) is 42.2 Å². The molecule has 1 unspecified atom stereocenters. The number of methoxy groups -OCH3 is 1. The average Bonchev–Trinajstić information content (AvgIpc) is 3.22. The standard InChI is InChI=1S/C24H29N3O3S/c1-16(2)30-20-10-9-18(15-21(20)29-4)24(28)27-13-11-26(12-14-27)17(3)23-25-19-7-5-6-8-22(19)31-23/h5-10,15-17H,11-14H2,1-4H3. The van der Waals surface area contributed by atoms with Gasteiger partial charge in [-0.25, -0.2) is 4.98 Å². The van der Waals surface area contributed by atoms with Crippen LogP contribution in [0.4, 0.5) is 0 Å². The summed E-state index contributed by atoms with van der Waals surface area (Å²) in [6, 6.07) is 13.9. The second kappa shape index (κ2) is 9.24. The second-order valence-electron chi connectivity index (χ2n) is 8.06. The number of carbonyl (C=O) groups excluding carboxylic acids is 1. The lowest BCUT2D eigenvalue weighted by Crippen LogP contribution is -2.49. The Balaban J connectivity index is 1.40. The van der Waals surface area contributed by atoms with Gasteiger partial charge >= 0.3 is 0 Å². The molecule has 0 radical (unpaired) electrons. The Morgan fingerprint density at radius 3 is 2.45 bits per heavy atom. The van der Waals surface area contributed by atoms with Crippen molar-refractivity contribution in [3.63, 3.8) is 0 Å². The van der Waals surface area contributed by atoms with Gasteiger partial charge in [-0.3, -0.25) is 9.69 Å². The van der Waals surface area contributed by atoms with Crippen LogP contribution in [0.5, 0.6) is 11.5 Å². The summed E-state index contributed by atoms with van der Waals surface area (Å²) in [5.41, 5.74) is 1.68. The van der Waals surface area contributed by atoms with Crippen LogP contribution in [0, 0.1) is 0 Å². The highest BCUT2D eigenvalue weighted by Crippen LogP contribution is 2.31. The third kappa shape index (κ3) is 4.67. The lowest BCUT2D eigenvalue weighted by molar-refractivity contribution is 0.0581. The van der Waals surface area contributed by atoms with Crippen molar-refractivity contribution in [2.75, 3.05) is 33.3 Å². The van der Waals surface area contributed by atoms with Gasteiger partial charge in [0.15, 0.2) is 11.5 Å². The Morgan fingerprint density at radius 1 is 1.03 bits per heavy atom. The van der Waals surface area contributed by atoms with Gasteiger partial charge in [0.1, 0.15) is 5.01 Å². The zero-order chi connectivity index (χ0) is 22.0. The predicted molar refractivity (Wildman–Crippen MR) is 124 cm³/mol. The Hall–Kier alpha value is -2.64. The van der Waals surface area contributed by atoms with Crippen LogP contribution in [0.15, 0.2) is 42.5 Å². The van der Waals surface area contributed by atoms with Crippen molar-refractivity contribution in [2.45, 2.75) is 32.9 Å². The molecule has 4 rings (SSSR count). The van der Waals surface area contributed by atoms with Gasteiger partial charge in [0.25, 0.3) is 5.91 Å². The van der Waals surface area contributed by atoms with E-state index in [1.54, 1.807) is 24.5 Å². The quantitative estimate of drug-likeness (QED) is 0.561. The molecule has 6 nitrogen and oxygen atoms in total. The van der Waals surface area contributed by atoms with Gasteiger partial charge in [0.2, 0.25) is 0 Å². The molecule has 0 N–H and O–H groups in total. The molecule has 1 aliphatic rings. The normalized spacial score (nSPS) is 16.0. The van der Waals surface area contributed by atoms with Gasteiger partial charge in [0.05, 0.1) is 29.5 Å². The molecular formula is C24H29N3O3S. The fourth-order valence-electron chi connectivity index (χ4n) is 3.87. The third-order valence-corrected chi connectivity index (χ3v) is 6.80. The molecule has 3 aromatic rings. The third-order valence-electron chi connectivity index (χ3n) is 5.59. The number of nitrogens with zero attached hydrogens (tertiary/aromatic N) is 3. The minimum absolute atomic E-state index is 0.0293. The van der Waals surface area contributed by atoms with E-state index in [0.29, 0.717) is 30.2 Å². The number of para-hydroxylation sites is 1. The van der Waals surface area contributed by atoms with Gasteiger partial charge in [-0.15, -0.1) is 11.3 Å². The van der Waals surface area contributed by atoms with Crippen LogP contribution < -0.4 is 9.47 Å². The Morgan fingerprint density at radius 2 is 1.77 bits per heavy atom. The SMILES string of the molecule is COc1cc(C(=O)N2CCN(C(C)c3nc4ccccc4s3)CC2)ccc1OC(C)C. The van der Waals surface area contributed by atoms with E-state index < -0.39 is 0 Å². The monoisotopic (exact) mass is 439 g/mol. The minimum Gasteiger partial charge on any atom is -0.493 e. The van der Waals surface area contributed by atoms with E-state index in [9.17, 15) is 4.79 Å². The van der Waals surface area contributed by atoms with Crippen LogP contribution >= 0.6 is 11.3 Å². The number of piperazine rings is 1. The topological polar surface area (TPSA) is 54.9 Å². The van der Waals surface area contributed by atoms with E-state index in [2.05, 4.69) is 30.0 Å². The molecule has 164 valence electrons. The van der Waals surface area contributed by atoms with Crippen LogP contribution in [0.25, 0.3) is 10.2 Å². The van der Waals surface area contributed by atoms with Crippen molar-refractivity contribution < 1.29 is 14.3 Å². The smallest absolute Gasteiger partial charge is 0.254 e. The summed E-state index contributed by atoms with van der Waals surface area (Å²) in [7, 11) is 1.60. The second-order valence-corrected chi connectivity index (χ2v) is 9.12. The van der Waals surface area contributed by atoms with Crippen molar-refractivity contribution in [2.24, 2.45) is 0 Å². The molecule has 7 heteroatoms. The summed E-state index contributed by atoms with van der Waals surface area (Å²) in [6.45, 7) is 9.18. The first-order chi connectivity index (χ1) is 15.0. The van der Waals surface area contributed by atoms with Gasteiger partial charge in [-0.2, -0.15) is 0 Å². The molecule has 1 aliphatic heterocycles. The zero-order valence-corrected chi connectivity index (χ0v) is 19.3. The van der Waals surface area contributed by atoms with E-state index in [0.717, 1.165) is 23.6 Å². The van der Waals surface area contributed by atoms with Crippen molar-refractivity contribution in [3.8, 4) is 11.5 Å². The number of amides is 1. The number of rotatable bonds is 6. The number of aromatic nitrogens is 1. The van der Waals surface area contributed by atoms with E-state index in [1.165, 1.54) is 4.70 Å². The molecule has 0 spiro atoms. The molecule has 2 aromatic carbocycles. The first kappa shape index (κ1) is 21.6. The van der Waals surface area contributed by atoms with E-state index in [4.69, 9.17) is 14.5 Å². The molecule has 31 heavy (non-hydrogen) atoms. The van der Waals surface area contributed by atoms with Crippen molar-refractivity contribution in [1.29, 1.82) is 0 Å². The van der Waals surface area contributed by atoms with E-state index in [1.807, 2.05) is 36.9 Å². The summed E-state index contributed by atoms with van der Waals surface area (Å²) in [4.78, 5) is 22.2. The van der Waals surface area contributed by atoms with Crippen molar-refractivity contribution in [3.05, 3.63) is 53.0 Å². The lowest BCUT2D eigenvalue weighted by atomic mass is 10.1. The van der Waals surface area contributed by atoms with Crippen LogP contribution in [-0.2, 0) is 0 Å². The van der Waals surface area contributed by atoms with E-state index >= 15 is 0 Å². The molecule has 1 aromatic heterocycles. The molecule has 1 fully saturated rings. The van der Waals surface area contributed by atoms with Crippen molar-refractivity contribution >= 4 is 27.5 Å². The zero-order valence-electron chi connectivity index (χ0n) is 18.5. The van der Waals surface area contributed by atoms with Crippen LogP contribution in [-0.4, -0.2) is 60.1 Å². The first-order valence-corrected chi connectivity index (χ1v) is 11.5. The highest BCUT2D eigenvalue weighted by Gasteiger charge is 2.27. The fourth-order valence-corrected chi connectivity index (χ4v) is 4.93. The maximum Gasteiger partial charge on any atom is 0.254 e. The summed E-state index contributed by atoms with van der Waals surface area (Å²) >= 11 is 1.75. The number of hydrogen-bond acceptors (Lipinski definition) is 6. The molecule has 1 amide bonds. The molecule has 0 aliphatic carbocycles. The first-order valence-electron chi connectivity index (χ1n) is 10.7. The molecule has 0 saturated carbocycles. The fraction of sp³-hybridized carbons (Fsp3) is 0.417. The Labute approximate surface area is 187 Å².